The zero-order valence-corrected chi connectivity index (χ0v) is 20.6. The van der Waals surface area contributed by atoms with Gasteiger partial charge in [0.05, 0.1) is 12.7 Å². The largest absolute Gasteiger partial charge is 0.511 e. The van der Waals surface area contributed by atoms with Crippen LogP contribution < -0.4 is 15.8 Å². The number of nitrogens with one attached hydrogen (secondary N) is 1. The number of ketones is 2. The quantitative estimate of drug-likeness (QED) is 0.240. The van der Waals surface area contributed by atoms with Crippen LogP contribution in [0.15, 0.2) is 28.7 Å². The van der Waals surface area contributed by atoms with Gasteiger partial charge in [0, 0.05) is 35.6 Å². The number of rotatable bonds is 7. The van der Waals surface area contributed by atoms with E-state index in [0.29, 0.717) is 29.3 Å². The molecule has 1 unspecified atom stereocenters. The lowest BCUT2D eigenvalue weighted by atomic mass is 9.60. The number of phenolic OH excluding ortho intramolecular Hbond substituents is 1. The fourth-order valence-corrected chi connectivity index (χ4v) is 5.73. The second kappa shape index (κ2) is 9.25. The van der Waals surface area contributed by atoms with E-state index in [2.05, 4.69) is 19.2 Å². The number of aliphatic hydroxyl groups excluding tert-OH is 2. The Kier molecular flexibility index (Phi) is 6.61. The first-order valence-corrected chi connectivity index (χ1v) is 12.0. The summed E-state index contributed by atoms with van der Waals surface area (Å²) in [4.78, 5) is 38.3. The van der Waals surface area contributed by atoms with E-state index in [1.807, 2.05) is 0 Å². The average Bonchev–Trinajstić information content (AvgIpc) is 2.78. The van der Waals surface area contributed by atoms with Gasteiger partial charge in [-0.25, -0.2) is 0 Å². The van der Waals surface area contributed by atoms with Crippen molar-refractivity contribution in [3.63, 3.8) is 0 Å². The number of allylic oxidation sites excluding steroid dienone is 2. The molecule has 3 aliphatic carbocycles. The fourth-order valence-electron chi connectivity index (χ4n) is 5.73. The highest BCUT2D eigenvalue weighted by Gasteiger charge is 2.59. The molecule has 1 aromatic rings. The second-order valence-corrected chi connectivity index (χ2v) is 10.2. The number of primary amides is 1. The number of aliphatic hydroxyl groups is 3. The Hall–Kier alpha value is -3.37. The summed E-state index contributed by atoms with van der Waals surface area (Å²) in [6, 6.07) is 1.44. The van der Waals surface area contributed by atoms with E-state index in [0.717, 1.165) is 13.0 Å². The van der Waals surface area contributed by atoms with Crippen LogP contribution in [0, 0.1) is 17.8 Å². The van der Waals surface area contributed by atoms with Crippen LogP contribution in [0.1, 0.15) is 54.6 Å². The number of nitrogens with two attached hydrogens (primary N) is 1. The lowest BCUT2D eigenvalue weighted by Crippen LogP contribution is -2.57. The smallest absolute Gasteiger partial charge is 0.255 e. The van der Waals surface area contributed by atoms with Gasteiger partial charge in [-0.2, -0.15) is 0 Å². The molecule has 0 bridgehead atoms. The highest BCUT2D eigenvalue weighted by molar-refractivity contribution is 6.24. The van der Waals surface area contributed by atoms with Gasteiger partial charge in [-0.15, -0.1) is 0 Å². The first-order chi connectivity index (χ1) is 16.9. The van der Waals surface area contributed by atoms with Gasteiger partial charge in [0.2, 0.25) is 5.78 Å². The standard InChI is InChI=1S/C26H32N2O8/c1-11(2)4-5-28-10-13-8-16(29)19-15(22(13)36-3)7-12-6-14-9-17(30)20(25(27)34)24(33)26(14,35)23(32)18(12)21(19)31/h8,11-12,14,28-30,32,35H,4-7,9-10H2,1-3H3,(H2,27,34)/t12?,14-,26-/m0/s1. The molecule has 0 radical (unpaired) electrons. The van der Waals surface area contributed by atoms with Gasteiger partial charge in [0.1, 0.15) is 28.6 Å². The first-order valence-electron chi connectivity index (χ1n) is 12.0. The maximum absolute atomic E-state index is 13.6. The Bertz CT molecular complexity index is 1210. The topological polar surface area (TPSA) is 179 Å². The molecule has 0 saturated carbocycles. The van der Waals surface area contributed by atoms with Crippen molar-refractivity contribution >= 4 is 17.5 Å². The van der Waals surface area contributed by atoms with E-state index in [1.165, 1.54) is 13.2 Å². The number of ether oxygens (including phenoxy) is 1. The van der Waals surface area contributed by atoms with E-state index in [4.69, 9.17) is 10.5 Å². The Morgan fingerprint density at radius 2 is 1.94 bits per heavy atom. The monoisotopic (exact) mass is 500 g/mol. The van der Waals surface area contributed by atoms with Crippen molar-refractivity contribution in [3.05, 3.63) is 45.4 Å². The molecule has 194 valence electrons. The van der Waals surface area contributed by atoms with Crippen LogP contribution in [-0.2, 0) is 22.6 Å². The zero-order valence-electron chi connectivity index (χ0n) is 20.6. The third kappa shape index (κ3) is 3.84. The minimum Gasteiger partial charge on any atom is -0.511 e. The van der Waals surface area contributed by atoms with Gasteiger partial charge in [-0.05, 0) is 43.7 Å². The van der Waals surface area contributed by atoms with Gasteiger partial charge < -0.3 is 36.2 Å². The maximum atomic E-state index is 13.6. The molecule has 0 heterocycles. The molecule has 0 aliphatic heterocycles. The number of methoxy groups -OCH3 is 1. The lowest BCUT2D eigenvalue weighted by molar-refractivity contribution is -0.144. The molecule has 7 N–H and O–H groups in total. The molecule has 0 fully saturated rings. The summed E-state index contributed by atoms with van der Waals surface area (Å²) in [5.74, 6) is -5.53. The number of carbonyl (C=O) groups excluding carboxylic acids is 3. The summed E-state index contributed by atoms with van der Waals surface area (Å²) in [6.45, 7) is 5.41. The number of fused-ring (bicyclic) bond motifs is 3. The number of benzene rings is 1. The summed E-state index contributed by atoms with van der Waals surface area (Å²) in [5.41, 5.74) is 2.75. The highest BCUT2D eigenvalue weighted by atomic mass is 16.5. The van der Waals surface area contributed by atoms with E-state index in [9.17, 15) is 34.8 Å². The molecule has 4 rings (SSSR count). The van der Waals surface area contributed by atoms with Gasteiger partial charge in [0.25, 0.3) is 5.91 Å². The minimum atomic E-state index is -2.57. The van der Waals surface area contributed by atoms with Crippen molar-refractivity contribution in [2.75, 3.05) is 13.7 Å². The molecule has 0 saturated heterocycles. The molecular weight excluding hydrogens is 468 g/mol. The normalized spacial score (nSPS) is 25.6. The number of Topliss-reactive ketones (excluding diaryl/α,β-unsaturated/α-hetero) is 2. The molecule has 10 heteroatoms. The third-order valence-corrected chi connectivity index (χ3v) is 7.51. The lowest BCUT2D eigenvalue weighted by Gasteiger charge is -2.45. The van der Waals surface area contributed by atoms with Crippen LogP contribution >= 0.6 is 0 Å². The van der Waals surface area contributed by atoms with Crippen LogP contribution in [0.2, 0.25) is 0 Å². The Labute approximate surface area is 208 Å². The highest BCUT2D eigenvalue weighted by Crippen LogP contribution is 2.52. The minimum absolute atomic E-state index is 0.0607. The van der Waals surface area contributed by atoms with Crippen LogP contribution in [0.25, 0.3) is 0 Å². The fraction of sp³-hybridized carbons (Fsp3) is 0.500. The summed E-state index contributed by atoms with van der Waals surface area (Å²) < 4.78 is 5.65. The van der Waals surface area contributed by atoms with Gasteiger partial charge in [-0.3, -0.25) is 14.4 Å². The third-order valence-electron chi connectivity index (χ3n) is 7.51. The van der Waals surface area contributed by atoms with Crippen molar-refractivity contribution in [1.29, 1.82) is 0 Å². The Balaban J connectivity index is 1.77. The van der Waals surface area contributed by atoms with Crippen molar-refractivity contribution in [1.82, 2.24) is 5.32 Å². The van der Waals surface area contributed by atoms with E-state index < -0.39 is 52.0 Å². The Morgan fingerprint density at radius 3 is 2.56 bits per heavy atom. The van der Waals surface area contributed by atoms with E-state index in [1.54, 1.807) is 0 Å². The first kappa shape index (κ1) is 25.7. The molecule has 1 aromatic carbocycles. The molecule has 1 amide bonds. The number of amides is 1. The second-order valence-electron chi connectivity index (χ2n) is 10.2. The number of hydrogen-bond acceptors (Lipinski definition) is 9. The molecule has 0 aromatic heterocycles. The molecule has 3 atom stereocenters. The molecule has 0 spiro atoms. The predicted molar refractivity (Wildman–Crippen MR) is 129 cm³/mol. The number of carbonyl (C=O) groups is 3. The predicted octanol–water partition coefficient (Wildman–Crippen LogP) is 1.72. The van der Waals surface area contributed by atoms with Crippen LogP contribution in [0.5, 0.6) is 11.5 Å². The van der Waals surface area contributed by atoms with Crippen LogP contribution in [0.4, 0.5) is 0 Å². The summed E-state index contributed by atoms with van der Waals surface area (Å²) >= 11 is 0. The summed E-state index contributed by atoms with van der Waals surface area (Å²) in [7, 11) is 1.48. The molecule has 10 nitrogen and oxygen atoms in total. The van der Waals surface area contributed by atoms with Gasteiger partial charge >= 0.3 is 0 Å². The van der Waals surface area contributed by atoms with Crippen molar-refractivity contribution in [2.45, 2.75) is 51.7 Å². The number of phenols is 1. The summed E-state index contributed by atoms with van der Waals surface area (Å²) in [5, 5.41) is 46.8. The molecule has 36 heavy (non-hydrogen) atoms. The van der Waals surface area contributed by atoms with E-state index in [-0.39, 0.29) is 36.1 Å². The van der Waals surface area contributed by atoms with E-state index >= 15 is 0 Å². The SMILES string of the molecule is COc1c(CNCCC(C)C)cc(O)c2c1CC1C[C@H]3CC(O)=C(C(N)=O)C(=O)[C@@]3(O)C(O)=C1C2=O. The molecular formula is C26H32N2O8. The number of aromatic hydroxyl groups is 1. The zero-order chi connectivity index (χ0) is 26.5. The Morgan fingerprint density at radius 1 is 1.25 bits per heavy atom. The van der Waals surface area contributed by atoms with Crippen LogP contribution in [-0.4, -0.2) is 57.2 Å². The van der Waals surface area contributed by atoms with Crippen molar-refractivity contribution < 1.29 is 39.5 Å². The molecule has 3 aliphatic rings. The van der Waals surface area contributed by atoms with Gasteiger partial charge in [0.15, 0.2) is 11.4 Å². The van der Waals surface area contributed by atoms with Crippen LogP contribution in [0.3, 0.4) is 0 Å². The van der Waals surface area contributed by atoms with Crippen molar-refractivity contribution in [3.8, 4) is 11.5 Å². The number of hydrogen-bond donors (Lipinski definition) is 6. The average molecular weight is 501 g/mol. The van der Waals surface area contributed by atoms with Gasteiger partial charge in [-0.1, -0.05) is 13.8 Å². The maximum Gasteiger partial charge on any atom is 0.255 e. The summed E-state index contributed by atoms with van der Waals surface area (Å²) in [6.07, 6.45) is 0.973. The van der Waals surface area contributed by atoms with Crippen molar-refractivity contribution in [2.24, 2.45) is 23.5 Å².